The Morgan fingerprint density at radius 2 is 1.52 bits per heavy atom. The molecule has 0 aromatic carbocycles. The van der Waals surface area contributed by atoms with Crippen LogP contribution in [0.4, 0.5) is 17.8 Å². The van der Waals surface area contributed by atoms with Gasteiger partial charge in [0.25, 0.3) is 0 Å². The number of nitrogens with one attached hydrogen (secondary N) is 2. The van der Waals surface area contributed by atoms with E-state index in [1.165, 1.54) is 31.3 Å². The smallest absolute Gasteiger partial charge is 0.248 e. The van der Waals surface area contributed by atoms with Crippen LogP contribution >= 0.6 is 0 Å². The predicted octanol–water partition coefficient (Wildman–Crippen LogP) is 2.46. The van der Waals surface area contributed by atoms with Gasteiger partial charge in [-0.05, 0) is 38.2 Å². The zero-order valence-electron chi connectivity index (χ0n) is 16.9. The zero-order valence-corrected chi connectivity index (χ0v) is 16.9. The second-order valence-electron chi connectivity index (χ2n) is 8.02. The molecule has 8 nitrogen and oxygen atoms in total. The summed E-state index contributed by atoms with van der Waals surface area (Å²) in [4.78, 5) is 23.3. The number of aliphatic imine (C=N–C) groups is 1. The topological polar surface area (TPSA) is 81.6 Å². The van der Waals surface area contributed by atoms with Gasteiger partial charge in [0.15, 0.2) is 0 Å². The molecule has 4 aliphatic rings. The largest absolute Gasteiger partial charge is 0.341 e. The van der Waals surface area contributed by atoms with Gasteiger partial charge >= 0.3 is 0 Å². The molecular formula is C21H28N8. The number of allylic oxidation sites excluding steroid dienone is 2. The maximum Gasteiger partial charge on any atom is 0.248 e. The van der Waals surface area contributed by atoms with Gasteiger partial charge in [0.2, 0.25) is 17.8 Å². The maximum absolute atomic E-state index is 4.76. The number of aromatic nitrogens is 3. The summed E-state index contributed by atoms with van der Waals surface area (Å²) in [6, 6.07) is 0.216. The fourth-order valence-electron chi connectivity index (χ4n) is 4.45. The van der Waals surface area contributed by atoms with E-state index in [4.69, 9.17) is 9.98 Å². The van der Waals surface area contributed by atoms with Crippen LogP contribution in [0, 0.1) is 5.92 Å². The molecule has 0 radical (unpaired) electrons. The summed E-state index contributed by atoms with van der Waals surface area (Å²) >= 11 is 0. The van der Waals surface area contributed by atoms with Crippen molar-refractivity contribution in [2.75, 3.05) is 41.4 Å². The normalized spacial score (nSPS) is 26.9. The minimum Gasteiger partial charge on any atom is -0.341 e. The van der Waals surface area contributed by atoms with Crippen LogP contribution in [0.15, 0.2) is 41.1 Å². The van der Waals surface area contributed by atoms with E-state index in [0.29, 0.717) is 11.9 Å². The van der Waals surface area contributed by atoms with Crippen LogP contribution in [0.25, 0.3) is 0 Å². The Morgan fingerprint density at radius 3 is 2.17 bits per heavy atom. The molecule has 29 heavy (non-hydrogen) atoms. The highest BCUT2D eigenvalue weighted by atomic mass is 15.4. The summed E-state index contributed by atoms with van der Waals surface area (Å²) in [7, 11) is 0. The molecule has 8 heteroatoms. The highest BCUT2D eigenvalue weighted by molar-refractivity contribution is 6.01. The Labute approximate surface area is 171 Å². The average molecular weight is 393 g/mol. The van der Waals surface area contributed by atoms with E-state index in [-0.39, 0.29) is 6.04 Å². The van der Waals surface area contributed by atoms with Crippen LogP contribution in [0.1, 0.15) is 32.6 Å². The number of hydrogen-bond donors (Lipinski definition) is 2. The lowest BCUT2D eigenvalue weighted by Gasteiger charge is -2.21. The Kier molecular flexibility index (Phi) is 4.91. The molecule has 2 N–H and O–H groups in total. The first-order chi connectivity index (χ1) is 14.3. The molecule has 2 fully saturated rings. The van der Waals surface area contributed by atoms with E-state index in [1.54, 1.807) is 0 Å². The molecule has 1 aromatic heterocycles. The summed E-state index contributed by atoms with van der Waals surface area (Å²) in [5.74, 6) is 2.41. The summed E-state index contributed by atoms with van der Waals surface area (Å²) in [5.41, 5.74) is 8.64. The third kappa shape index (κ3) is 3.71. The maximum atomic E-state index is 4.76. The van der Waals surface area contributed by atoms with E-state index in [0.717, 1.165) is 43.8 Å². The second-order valence-corrected chi connectivity index (χ2v) is 8.02. The molecule has 0 unspecified atom stereocenters. The summed E-state index contributed by atoms with van der Waals surface area (Å²) in [6.45, 7) is 6.11. The minimum atomic E-state index is 0.216. The van der Waals surface area contributed by atoms with Gasteiger partial charge in [-0.15, -0.1) is 0 Å². The molecule has 1 aliphatic carbocycles. The Morgan fingerprint density at radius 1 is 0.897 bits per heavy atom. The quantitative estimate of drug-likeness (QED) is 0.745. The number of anilines is 3. The van der Waals surface area contributed by atoms with Gasteiger partial charge in [-0.25, -0.2) is 0 Å². The molecule has 0 bridgehead atoms. The van der Waals surface area contributed by atoms with Crippen molar-refractivity contribution in [1.82, 2.24) is 20.4 Å². The fourth-order valence-corrected chi connectivity index (χ4v) is 4.45. The van der Waals surface area contributed by atoms with Crippen LogP contribution in [0.5, 0.6) is 0 Å². The minimum absolute atomic E-state index is 0.216. The van der Waals surface area contributed by atoms with Crippen molar-refractivity contribution in [2.45, 2.75) is 38.6 Å². The van der Waals surface area contributed by atoms with Crippen molar-refractivity contribution >= 4 is 23.6 Å². The van der Waals surface area contributed by atoms with Crippen molar-refractivity contribution in [3.8, 4) is 0 Å². The molecular weight excluding hydrogens is 364 g/mol. The van der Waals surface area contributed by atoms with Crippen LogP contribution in [-0.2, 0) is 0 Å². The molecule has 1 aromatic rings. The molecule has 3 aliphatic heterocycles. The molecule has 5 rings (SSSR count). The van der Waals surface area contributed by atoms with Crippen molar-refractivity contribution in [2.24, 2.45) is 10.9 Å². The van der Waals surface area contributed by atoms with Gasteiger partial charge in [-0.1, -0.05) is 24.3 Å². The van der Waals surface area contributed by atoms with E-state index in [1.807, 2.05) is 6.20 Å². The van der Waals surface area contributed by atoms with Gasteiger partial charge in [-0.3, -0.25) is 10.4 Å². The first kappa shape index (κ1) is 18.1. The number of nitrogens with zero attached hydrogens (tertiary/aromatic N) is 6. The number of hydrazine groups is 1. The van der Waals surface area contributed by atoms with Crippen LogP contribution in [0.3, 0.4) is 0 Å². The van der Waals surface area contributed by atoms with Crippen LogP contribution in [0.2, 0.25) is 0 Å². The third-order valence-electron chi connectivity index (χ3n) is 6.03. The molecule has 2 atom stereocenters. The standard InChI is InChI=1S/C21H28N8/c1-15-17(16-8-2-3-9-18(16)23-15)14-22-27-19-24-20(28-10-4-5-11-28)26-21(25-19)29-12-6-7-13-29/h2-3,8-9,14,16,18,22H,4-7,10-13H2,1H3,(H,24,25,26,27)/t16-,18+/m1/s1. The first-order valence-corrected chi connectivity index (χ1v) is 10.7. The lowest BCUT2D eigenvalue weighted by atomic mass is 9.90. The Bertz CT molecular complexity index is 840. The van der Waals surface area contributed by atoms with Gasteiger partial charge < -0.3 is 15.2 Å². The van der Waals surface area contributed by atoms with Gasteiger partial charge in [0.1, 0.15) is 0 Å². The molecule has 0 spiro atoms. The monoisotopic (exact) mass is 392 g/mol. The van der Waals surface area contributed by atoms with E-state index >= 15 is 0 Å². The van der Waals surface area contributed by atoms with Gasteiger partial charge in [-0.2, -0.15) is 15.0 Å². The van der Waals surface area contributed by atoms with Crippen LogP contribution in [-0.4, -0.2) is 52.9 Å². The number of hydrogen-bond acceptors (Lipinski definition) is 8. The molecule has 2 saturated heterocycles. The first-order valence-electron chi connectivity index (χ1n) is 10.7. The van der Waals surface area contributed by atoms with Crippen molar-refractivity contribution < 1.29 is 0 Å². The van der Waals surface area contributed by atoms with Crippen molar-refractivity contribution in [3.05, 3.63) is 36.1 Å². The summed E-state index contributed by atoms with van der Waals surface area (Å²) < 4.78 is 0. The fraction of sp³-hybridized carbons (Fsp3) is 0.524. The second kappa shape index (κ2) is 7.85. The number of rotatable bonds is 5. The highest BCUT2D eigenvalue weighted by Gasteiger charge is 2.29. The van der Waals surface area contributed by atoms with E-state index in [9.17, 15) is 0 Å². The Hall–Kier alpha value is -2.90. The Balaban J connectivity index is 1.34. The zero-order chi connectivity index (χ0) is 19.6. The summed E-state index contributed by atoms with van der Waals surface area (Å²) in [6.07, 6.45) is 15.3. The molecule has 152 valence electrons. The van der Waals surface area contributed by atoms with Crippen molar-refractivity contribution in [1.29, 1.82) is 0 Å². The number of fused-ring (bicyclic) bond motifs is 1. The lowest BCUT2D eigenvalue weighted by Crippen LogP contribution is -2.27. The predicted molar refractivity (Wildman–Crippen MR) is 116 cm³/mol. The molecule has 4 heterocycles. The van der Waals surface area contributed by atoms with Gasteiger partial charge in [0, 0.05) is 44.0 Å². The van der Waals surface area contributed by atoms with Crippen LogP contribution < -0.4 is 20.7 Å². The molecule has 0 amide bonds. The lowest BCUT2D eigenvalue weighted by molar-refractivity contribution is 0.700. The van der Waals surface area contributed by atoms with Crippen molar-refractivity contribution in [3.63, 3.8) is 0 Å². The third-order valence-corrected chi connectivity index (χ3v) is 6.03. The molecule has 0 saturated carbocycles. The van der Waals surface area contributed by atoms with E-state index in [2.05, 4.69) is 61.8 Å². The highest BCUT2D eigenvalue weighted by Crippen LogP contribution is 2.31. The SMILES string of the molecule is CC1=N[C@H]2C=CC=C[C@@H]2C1=CNNc1nc(N2CCCC2)nc(N2CCCC2)n1. The average Bonchev–Trinajstić information content (AvgIpc) is 3.50. The summed E-state index contributed by atoms with van der Waals surface area (Å²) in [5, 5.41) is 0. The van der Waals surface area contributed by atoms with E-state index < -0.39 is 0 Å². The van der Waals surface area contributed by atoms with Gasteiger partial charge in [0.05, 0.1) is 6.04 Å².